The number of likely N-dealkylation sites (N-methyl/N-ethyl adjacent to an activating group) is 1. The molecule has 0 aromatic heterocycles. The highest BCUT2D eigenvalue weighted by Crippen LogP contribution is 2.19. The highest BCUT2D eigenvalue weighted by Gasteiger charge is 2.33. The maximum Gasteiger partial charge on any atom is 0.224 e. The van der Waals surface area contributed by atoms with Crippen molar-refractivity contribution in [2.75, 3.05) is 26.7 Å². The van der Waals surface area contributed by atoms with E-state index in [0.29, 0.717) is 6.42 Å². The number of hydrogen-bond acceptors (Lipinski definition) is 3. The second-order valence-corrected chi connectivity index (χ2v) is 5.80. The summed E-state index contributed by atoms with van der Waals surface area (Å²) in [5.41, 5.74) is 6.00. The van der Waals surface area contributed by atoms with Crippen LogP contribution >= 0.6 is 0 Å². The smallest absolute Gasteiger partial charge is 0.224 e. The van der Waals surface area contributed by atoms with Crippen molar-refractivity contribution in [1.29, 1.82) is 0 Å². The molecule has 1 unspecified atom stereocenters. The van der Waals surface area contributed by atoms with Crippen molar-refractivity contribution in [3.63, 3.8) is 0 Å². The zero-order chi connectivity index (χ0) is 13.1. The van der Waals surface area contributed by atoms with Gasteiger partial charge in [-0.05, 0) is 27.3 Å². The molecule has 4 nitrogen and oxygen atoms in total. The molecule has 1 fully saturated rings. The van der Waals surface area contributed by atoms with Gasteiger partial charge in [-0.15, -0.1) is 0 Å². The molecular weight excluding hydrogens is 214 g/mol. The summed E-state index contributed by atoms with van der Waals surface area (Å²) in [5.74, 6) is 0.215. The van der Waals surface area contributed by atoms with Gasteiger partial charge in [0.2, 0.25) is 5.91 Å². The number of carbonyl (C=O) groups is 1. The van der Waals surface area contributed by atoms with Crippen LogP contribution in [0.1, 0.15) is 40.0 Å². The average Bonchev–Trinajstić information content (AvgIpc) is 2.22. The zero-order valence-electron chi connectivity index (χ0n) is 11.7. The molecule has 0 saturated carbocycles. The van der Waals surface area contributed by atoms with Crippen molar-refractivity contribution in [2.45, 2.75) is 51.6 Å². The van der Waals surface area contributed by atoms with Crippen LogP contribution in [0.4, 0.5) is 0 Å². The van der Waals surface area contributed by atoms with Gasteiger partial charge in [0.1, 0.15) is 0 Å². The summed E-state index contributed by atoms with van der Waals surface area (Å²) in [6.07, 6.45) is 2.47. The SMILES string of the molecule is CCCC(N)CC(=O)N1CCN(C)C(C)(C)C1. The Balaban J connectivity index is 2.48. The summed E-state index contributed by atoms with van der Waals surface area (Å²) in [7, 11) is 2.12. The third kappa shape index (κ3) is 3.96. The van der Waals surface area contributed by atoms with Crippen LogP contribution in [0.5, 0.6) is 0 Å². The van der Waals surface area contributed by atoms with Crippen LogP contribution in [0.3, 0.4) is 0 Å². The van der Waals surface area contributed by atoms with E-state index in [4.69, 9.17) is 5.73 Å². The van der Waals surface area contributed by atoms with E-state index < -0.39 is 0 Å². The third-order valence-corrected chi connectivity index (χ3v) is 3.77. The first-order valence-corrected chi connectivity index (χ1v) is 6.61. The van der Waals surface area contributed by atoms with Gasteiger partial charge in [-0.25, -0.2) is 0 Å². The molecule has 1 aliphatic heterocycles. The maximum atomic E-state index is 12.1. The van der Waals surface area contributed by atoms with Gasteiger partial charge in [-0.3, -0.25) is 9.69 Å². The quantitative estimate of drug-likeness (QED) is 0.800. The molecule has 0 aromatic rings. The lowest BCUT2D eigenvalue weighted by atomic mass is 9.99. The lowest BCUT2D eigenvalue weighted by molar-refractivity contribution is -0.136. The molecule has 100 valence electrons. The fourth-order valence-electron chi connectivity index (χ4n) is 2.28. The summed E-state index contributed by atoms with van der Waals surface area (Å²) in [4.78, 5) is 16.4. The predicted octanol–water partition coefficient (Wildman–Crippen LogP) is 1.06. The first-order valence-electron chi connectivity index (χ1n) is 6.61. The number of rotatable bonds is 4. The van der Waals surface area contributed by atoms with Crippen LogP contribution in [0.25, 0.3) is 0 Å². The van der Waals surface area contributed by atoms with Crippen LogP contribution in [-0.2, 0) is 4.79 Å². The van der Waals surface area contributed by atoms with E-state index >= 15 is 0 Å². The van der Waals surface area contributed by atoms with Crippen LogP contribution in [0.2, 0.25) is 0 Å². The number of hydrogen-bond donors (Lipinski definition) is 1. The van der Waals surface area contributed by atoms with Crippen molar-refractivity contribution < 1.29 is 4.79 Å². The number of nitrogens with two attached hydrogens (primary N) is 1. The van der Waals surface area contributed by atoms with Crippen molar-refractivity contribution in [1.82, 2.24) is 9.80 Å². The van der Waals surface area contributed by atoms with Crippen molar-refractivity contribution in [3.8, 4) is 0 Å². The second-order valence-electron chi connectivity index (χ2n) is 5.80. The van der Waals surface area contributed by atoms with E-state index in [9.17, 15) is 4.79 Å². The van der Waals surface area contributed by atoms with Gasteiger partial charge in [-0.2, -0.15) is 0 Å². The molecule has 0 aliphatic carbocycles. The lowest BCUT2D eigenvalue weighted by Crippen LogP contribution is -2.59. The monoisotopic (exact) mass is 241 g/mol. The molecule has 0 spiro atoms. The standard InChI is InChI=1S/C13H27N3O/c1-5-6-11(14)9-12(17)16-8-7-15(4)13(2,3)10-16/h11H,5-10,14H2,1-4H3. The topological polar surface area (TPSA) is 49.6 Å². The van der Waals surface area contributed by atoms with E-state index in [-0.39, 0.29) is 17.5 Å². The molecule has 1 amide bonds. The molecule has 1 atom stereocenters. The van der Waals surface area contributed by atoms with Crippen molar-refractivity contribution in [2.24, 2.45) is 5.73 Å². The van der Waals surface area contributed by atoms with Crippen LogP contribution in [0.15, 0.2) is 0 Å². The van der Waals surface area contributed by atoms with Gasteiger partial charge in [0.05, 0.1) is 0 Å². The molecule has 17 heavy (non-hydrogen) atoms. The molecule has 0 bridgehead atoms. The number of piperazine rings is 1. The van der Waals surface area contributed by atoms with E-state index in [0.717, 1.165) is 32.5 Å². The predicted molar refractivity (Wildman–Crippen MR) is 70.8 cm³/mol. The fourth-order valence-corrected chi connectivity index (χ4v) is 2.28. The third-order valence-electron chi connectivity index (χ3n) is 3.77. The lowest BCUT2D eigenvalue weighted by Gasteiger charge is -2.45. The zero-order valence-corrected chi connectivity index (χ0v) is 11.7. The number of carbonyl (C=O) groups excluding carboxylic acids is 1. The largest absolute Gasteiger partial charge is 0.340 e. The Morgan fingerprint density at radius 1 is 1.41 bits per heavy atom. The van der Waals surface area contributed by atoms with Gasteiger partial charge < -0.3 is 10.6 Å². The second kappa shape index (κ2) is 5.83. The van der Waals surface area contributed by atoms with Gasteiger partial charge in [-0.1, -0.05) is 13.3 Å². The Labute approximate surface area is 105 Å². The fraction of sp³-hybridized carbons (Fsp3) is 0.923. The van der Waals surface area contributed by atoms with Crippen LogP contribution in [0, 0.1) is 0 Å². The van der Waals surface area contributed by atoms with Crippen LogP contribution in [-0.4, -0.2) is 54.0 Å². The Bertz CT molecular complexity index is 265. The van der Waals surface area contributed by atoms with E-state index in [1.54, 1.807) is 0 Å². The molecule has 2 N–H and O–H groups in total. The van der Waals surface area contributed by atoms with Gasteiger partial charge in [0, 0.05) is 37.6 Å². The molecule has 0 aromatic carbocycles. The maximum absolute atomic E-state index is 12.1. The molecule has 1 heterocycles. The van der Waals surface area contributed by atoms with Crippen LogP contribution < -0.4 is 5.73 Å². The van der Waals surface area contributed by atoms with Gasteiger partial charge >= 0.3 is 0 Å². The first kappa shape index (κ1) is 14.5. The Hall–Kier alpha value is -0.610. The molecule has 1 rings (SSSR count). The minimum absolute atomic E-state index is 0.0234. The minimum Gasteiger partial charge on any atom is -0.340 e. The van der Waals surface area contributed by atoms with Crippen molar-refractivity contribution >= 4 is 5.91 Å². The molecule has 4 heteroatoms. The highest BCUT2D eigenvalue weighted by atomic mass is 16.2. The minimum atomic E-state index is 0.0234. The van der Waals surface area contributed by atoms with Crippen molar-refractivity contribution in [3.05, 3.63) is 0 Å². The normalized spacial score (nSPS) is 22.5. The Kier molecular flexibility index (Phi) is 4.95. The number of nitrogens with zero attached hydrogens (tertiary/aromatic N) is 2. The van der Waals surface area contributed by atoms with Gasteiger partial charge in [0.15, 0.2) is 0 Å². The number of amides is 1. The summed E-state index contributed by atoms with van der Waals surface area (Å²) in [5, 5.41) is 0. The van der Waals surface area contributed by atoms with Gasteiger partial charge in [0.25, 0.3) is 0 Å². The van der Waals surface area contributed by atoms with E-state index in [1.807, 2.05) is 4.90 Å². The summed E-state index contributed by atoms with van der Waals surface area (Å²) < 4.78 is 0. The summed E-state index contributed by atoms with van der Waals surface area (Å²) >= 11 is 0. The summed E-state index contributed by atoms with van der Waals surface area (Å²) in [6.45, 7) is 9.04. The van der Waals surface area contributed by atoms with E-state index in [2.05, 4.69) is 32.7 Å². The Morgan fingerprint density at radius 2 is 2.06 bits per heavy atom. The Morgan fingerprint density at radius 3 is 2.59 bits per heavy atom. The average molecular weight is 241 g/mol. The molecule has 1 aliphatic rings. The summed E-state index contributed by atoms with van der Waals surface area (Å²) in [6, 6.07) is 0.0234. The molecule has 1 saturated heterocycles. The molecule has 0 radical (unpaired) electrons. The highest BCUT2D eigenvalue weighted by molar-refractivity contribution is 5.77. The van der Waals surface area contributed by atoms with E-state index in [1.165, 1.54) is 0 Å². The molecular formula is C13H27N3O. The first-order chi connectivity index (χ1) is 7.86.